The van der Waals surface area contributed by atoms with Gasteiger partial charge in [0.25, 0.3) is 0 Å². The first-order chi connectivity index (χ1) is 10.8. The summed E-state index contributed by atoms with van der Waals surface area (Å²) in [6.45, 7) is 1.57. The largest absolute Gasteiger partial charge is 0.354 e. The molecule has 0 aliphatic heterocycles. The van der Waals surface area contributed by atoms with Crippen molar-refractivity contribution in [1.29, 1.82) is 0 Å². The fourth-order valence-electron chi connectivity index (χ4n) is 4.65. The van der Waals surface area contributed by atoms with E-state index in [4.69, 9.17) is 0 Å². The minimum absolute atomic E-state index is 0.286. The average molecular weight is 296 g/mol. The highest BCUT2D eigenvalue weighted by molar-refractivity contribution is 5.80. The zero-order valence-electron chi connectivity index (χ0n) is 13.0. The van der Waals surface area contributed by atoms with E-state index in [1.807, 2.05) is 0 Å². The lowest BCUT2D eigenvalue weighted by Gasteiger charge is -2.18. The minimum Gasteiger partial charge on any atom is -0.354 e. The van der Waals surface area contributed by atoms with Crippen molar-refractivity contribution in [3.63, 3.8) is 0 Å². The lowest BCUT2D eigenvalue weighted by Crippen LogP contribution is -2.34. The van der Waals surface area contributed by atoms with Crippen LogP contribution in [0.4, 0.5) is 0 Å². The Labute approximate surface area is 131 Å². The highest BCUT2D eigenvalue weighted by Crippen LogP contribution is 2.47. The number of hydrogen-bond donors (Lipinski definition) is 1. The second kappa shape index (κ2) is 5.79. The molecule has 116 valence electrons. The number of fused-ring (bicyclic) bond motifs is 2. The summed E-state index contributed by atoms with van der Waals surface area (Å²) in [5, 5.41) is 4.44. The van der Waals surface area contributed by atoms with Gasteiger partial charge in [-0.1, -0.05) is 31.0 Å². The molecule has 0 bridgehead atoms. The van der Waals surface area contributed by atoms with Gasteiger partial charge in [0.15, 0.2) is 0 Å². The van der Waals surface area contributed by atoms with Crippen LogP contribution < -0.4 is 5.32 Å². The Balaban J connectivity index is 1.34. The smallest absolute Gasteiger partial charge is 0.223 e. The van der Waals surface area contributed by atoms with Crippen LogP contribution in [0.15, 0.2) is 36.5 Å². The van der Waals surface area contributed by atoms with Crippen molar-refractivity contribution < 1.29 is 4.79 Å². The van der Waals surface area contributed by atoms with Crippen molar-refractivity contribution >= 4 is 16.8 Å². The molecule has 3 atom stereocenters. The Bertz CT molecular complexity index is 675. The van der Waals surface area contributed by atoms with Crippen LogP contribution >= 0.6 is 0 Å². The molecule has 1 heterocycles. The predicted molar refractivity (Wildman–Crippen MR) is 88.5 cm³/mol. The van der Waals surface area contributed by atoms with Crippen molar-refractivity contribution in [2.75, 3.05) is 6.54 Å². The van der Waals surface area contributed by atoms with Gasteiger partial charge in [-0.05, 0) is 48.6 Å². The van der Waals surface area contributed by atoms with Crippen LogP contribution in [0, 0.1) is 17.8 Å². The highest BCUT2D eigenvalue weighted by atomic mass is 16.1. The van der Waals surface area contributed by atoms with Crippen LogP contribution in [0.25, 0.3) is 10.9 Å². The van der Waals surface area contributed by atoms with Gasteiger partial charge in [0, 0.05) is 30.7 Å². The quantitative estimate of drug-likeness (QED) is 0.919. The third-order valence-electron chi connectivity index (χ3n) is 5.75. The van der Waals surface area contributed by atoms with Gasteiger partial charge in [-0.2, -0.15) is 0 Å². The van der Waals surface area contributed by atoms with Crippen LogP contribution in [0.3, 0.4) is 0 Å². The maximum atomic E-state index is 12.5. The van der Waals surface area contributed by atoms with Gasteiger partial charge < -0.3 is 9.88 Å². The van der Waals surface area contributed by atoms with Gasteiger partial charge >= 0.3 is 0 Å². The molecule has 1 amide bonds. The summed E-state index contributed by atoms with van der Waals surface area (Å²) in [7, 11) is 0. The number of para-hydroxylation sites is 1. The van der Waals surface area contributed by atoms with E-state index in [-0.39, 0.29) is 5.92 Å². The molecule has 22 heavy (non-hydrogen) atoms. The first-order valence-electron chi connectivity index (χ1n) is 8.64. The molecule has 2 aliphatic carbocycles. The minimum atomic E-state index is 0.286. The maximum Gasteiger partial charge on any atom is 0.223 e. The second-order valence-corrected chi connectivity index (χ2v) is 6.90. The molecule has 3 nitrogen and oxygen atoms in total. The Kier molecular flexibility index (Phi) is 3.65. The normalized spacial score (nSPS) is 27.2. The van der Waals surface area contributed by atoms with Gasteiger partial charge in [-0.3, -0.25) is 4.79 Å². The van der Waals surface area contributed by atoms with Gasteiger partial charge in [0.1, 0.15) is 0 Å². The van der Waals surface area contributed by atoms with Crippen molar-refractivity contribution in [2.45, 2.75) is 38.6 Å². The zero-order chi connectivity index (χ0) is 14.9. The van der Waals surface area contributed by atoms with E-state index >= 15 is 0 Å². The predicted octanol–water partition coefficient (Wildman–Crippen LogP) is 3.58. The van der Waals surface area contributed by atoms with Crippen LogP contribution in [-0.4, -0.2) is 17.0 Å². The molecule has 2 aliphatic rings. The van der Waals surface area contributed by atoms with E-state index in [9.17, 15) is 4.79 Å². The molecule has 2 saturated carbocycles. The Morgan fingerprint density at radius 3 is 3.00 bits per heavy atom. The van der Waals surface area contributed by atoms with E-state index in [0.29, 0.717) is 11.8 Å². The standard InChI is InChI=1S/C19H24N2O/c22-19(17-9-8-14-5-3-6-16(14)17)20-11-13-21-12-10-15-4-1-2-7-18(15)21/h1-2,4,7,10,12,14,16-17H,3,5-6,8-9,11,13H2,(H,20,22)/t14-,16-,17-/m0/s1. The molecule has 0 unspecified atom stereocenters. The summed E-state index contributed by atoms with van der Waals surface area (Å²) in [6.07, 6.45) is 8.43. The molecule has 0 saturated heterocycles. The summed E-state index contributed by atoms with van der Waals surface area (Å²) >= 11 is 0. The summed E-state index contributed by atoms with van der Waals surface area (Å²) in [4.78, 5) is 12.5. The van der Waals surface area contributed by atoms with E-state index in [0.717, 1.165) is 25.4 Å². The van der Waals surface area contributed by atoms with Crippen LogP contribution in [0.5, 0.6) is 0 Å². The van der Waals surface area contributed by atoms with Gasteiger partial charge in [-0.25, -0.2) is 0 Å². The van der Waals surface area contributed by atoms with Gasteiger partial charge in [0.2, 0.25) is 5.91 Å². The number of amides is 1. The lowest BCUT2D eigenvalue weighted by molar-refractivity contribution is -0.126. The summed E-state index contributed by atoms with van der Waals surface area (Å²) < 4.78 is 2.22. The molecule has 0 spiro atoms. The fraction of sp³-hybridized carbons (Fsp3) is 0.526. The summed E-state index contributed by atoms with van der Waals surface area (Å²) in [6, 6.07) is 10.5. The summed E-state index contributed by atoms with van der Waals surface area (Å²) in [5.41, 5.74) is 1.24. The molecule has 2 aromatic rings. The van der Waals surface area contributed by atoms with E-state index < -0.39 is 0 Å². The molecular formula is C19H24N2O. The number of hydrogen-bond acceptors (Lipinski definition) is 1. The number of carbonyl (C=O) groups is 1. The van der Waals surface area contributed by atoms with Gasteiger partial charge in [-0.15, -0.1) is 0 Å². The summed E-state index contributed by atoms with van der Waals surface area (Å²) in [5.74, 6) is 2.09. The number of nitrogens with one attached hydrogen (secondary N) is 1. The molecule has 1 aromatic heterocycles. The lowest BCUT2D eigenvalue weighted by atomic mass is 9.91. The van der Waals surface area contributed by atoms with Gasteiger partial charge in [0.05, 0.1) is 0 Å². The molecule has 4 rings (SSSR count). The van der Waals surface area contributed by atoms with E-state index in [1.54, 1.807) is 0 Å². The van der Waals surface area contributed by atoms with Crippen molar-refractivity contribution in [3.05, 3.63) is 36.5 Å². The molecule has 2 fully saturated rings. The fourth-order valence-corrected chi connectivity index (χ4v) is 4.65. The number of nitrogens with zero attached hydrogens (tertiary/aromatic N) is 1. The van der Waals surface area contributed by atoms with E-state index in [2.05, 4.69) is 46.4 Å². The number of benzene rings is 1. The topological polar surface area (TPSA) is 34.0 Å². The highest BCUT2D eigenvalue weighted by Gasteiger charge is 2.42. The SMILES string of the molecule is O=C(NCCn1ccc2ccccc21)[C@H]1CC[C@@H]2CCC[C@@H]21. The molecule has 1 aromatic carbocycles. The van der Waals surface area contributed by atoms with E-state index in [1.165, 1.54) is 36.6 Å². The third kappa shape index (κ3) is 2.43. The molecule has 0 radical (unpaired) electrons. The second-order valence-electron chi connectivity index (χ2n) is 6.90. The number of carbonyl (C=O) groups excluding carboxylic acids is 1. The number of rotatable bonds is 4. The van der Waals surface area contributed by atoms with Crippen molar-refractivity contribution in [2.24, 2.45) is 17.8 Å². The maximum absolute atomic E-state index is 12.5. The first kappa shape index (κ1) is 13.9. The third-order valence-corrected chi connectivity index (χ3v) is 5.75. The Hall–Kier alpha value is -1.77. The Morgan fingerprint density at radius 2 is 2.05 bits per heavy atom. The van der Waals surface area contributed by atoms with Crippen molar-refractivity contribution in [1.82, 2.24) is 9.88 Å². The van der Waals surface area contributed by atoms with Crippen molar-refractivity contribution in [3.8, 4) is 0 Å². The monoisotopic (exact) mass is 296 g/mol. The number of aromatic nitrogens is 1. The van der Waals surface area contributed by atoms with Crippen LogP contribution in [0.2, 0.25) is 0 Å². The Morgan fingerprint density at radius 1 is 1.14 bits per heavy atom. The molecular weight excluding hydrogens is 272 g/mol. The van der Waals surface area contributed by atoms with Crippen LogP contribution in [-0.2, 0) is 11.3 Å². The van der Waals surface area contributed by atoms with Crippen LogP contribution in [0.1, 0.15) is 32.1 Å². The average Bonchev–Trinajstić information content (AvgIpc) is 3.22. The molecule has 3 heteroatoms. The first-order valence-corrected chi connectivity index (χ1v) is 8.64. The zero-order valence-corrected chi connectivity index (χ0v) is 13.0. The molecule has 1 N–H and O–H groups in total.